The molecule has 1 aliphatic heterocycles. The minimum absolute atomic E-state index is 0.147. The van der Waals surface area contributed by atoms with E-state index in [0.717, 1.165) is 11.3 Å². The molecule has 0 aliphatic carbocycles. The number of fused-ring (bicyclic) bond motifs is 1. The first-order valence-corrected chi connectivity index (χ1v) is 12.1. The van der Waals surface area contributed by atoms with Gasteiger partial charge in [-0.1, -0.05) is 29.8 Å². The quantitative estimate of drug-likeness (QED) is 0.425. The van der Waals surface area contributed by atoms with Gasteiger partial charge in [-0.2, -0.15) is 0 Å². The van der Waals surface area contributed by atoms with Crippen molar-refractivity contribution in [3.63, 3.8) is 0 Å². The molecule has 1 aliphatic rings. The molecule has 1 aromatic carbocycles. The summed E-state index contributed by atoms with van der Waals surface area (Å²) in [4.78, 5) is 41.0. The molecule has 3 heterocycles. The van der Waals surface area contributed by atoms with Crippen LogP contribution in [0.3, 0.4) is 0 Å². The predicted octanol–water partition coefficient (Wildman–Crippen LogP) is 3.51. The Balaban J connectivity index is 1.52. The molecule has 0 saturated carbocycles. The van der Waals surface area contributed by atoms with E-state index < -0.39 is 12.1 Å². The Labute approximate surface area is 214 Å². The molecule has 3 N–H and O–H groups in total. The van der Waals surface area contributed by atoms with Crippen molar-refractivity contribution >= 4 is 29.4 Å². The number of aliphatic hydroxyl groups is 1. The maximum Gasteiger partial charge on any atom is 0.255 e. The summed E-state index contributed by atoms with van der Waals surface area (Å²) in [5, 5.41) is 16.2. The van der Waals surface area contributed by atoms with E-state index in [4.69, 9.17) is 11.6 Å². The molecule has 0 bridgehead atoms. The van der Waals surface area contributed by atoms with Crippen molar-refractivity contribution < 1.29 is 14.7 Å². The molecule has 0 saturated heterocycles. The highest BCUT2D eigenvalue weighted by Gasteiger charge is 2.35. The van der Waals surface area contributed by atoms with Crippen LogP contribution in [0.5, 0.6) is 0 Å². The minimum atomic E-state index is -0.753. The molecule has 9 nitrogen and oxygen atoms in total. The Hall–Kier alpha value is -3.56. The Morgan fingerprint density at radius 2 is 1.97 bits per heavy atom. The van der Waals surface area contributed by atoms with E-state index in [0.29, 0.717) is 40.0 Å². The smallest absolute Gasteiger partial charge is 0.255 e. The van der Waals surface area contributed by atoms with E-state index in [9.17, 15) is 14.7 Å². The number of halogens is 1. The molecule has 0 fully saturated rings. The van der Waals surface area contributed by atoms with E-state index in [1.165, 1.54) is 11.1 Å². The van der Waals surface area contributed by atoms with Gasteiger partial charge in [0.2, 0.25) is 11.9 Å². The Kier molecular flexibility index (Phi) is 7.51. The first kappa shape index (κ1) is 25.5. The molecule has 2 unspecified atom stereocenters. The molecule has 3 aromatic rings. The third kappa shape index (κ3) is 5.32. The Morgan fingerprint density at radius 3 is 2.67 bits per heavy atom. The summed E-state index contributed by atoms with van der Waals surface area (Å²) in [6, 6.07) is 9.60. The summed E-state index contributed by atoms with van der Waals surface area (Å²) in [6.07, 6.45) is 1.53. The maximum atomic E-state index is 13.3. The van der Waals surface area contributed by atoms with Crippen LogP contribution in [0.2, 0.25) is 5.02 Å². The molecule has 36 heavy (non-hydrogen) atoms. The topological polar surface area (TPSA) is 120 Å². The van der Waals surface area contributed by atoms with Crippen LogP contribution in [0.25, 0.3) is 11.3 Å². The summed E-state index contributed by atoms with van der Waals surface area (Å²) in [7, 11) is 0. The Bertz CT molecular complexity index is 1300. The molecule has 2 atom stereocenters. The number of hydrogen-bond acceptors (Lipinski definition) is 7. The van der Waals surface area contributed by atoms with Crippen molar-refractivity contribution in [3.8, 4) is 11.3 Å². The van der Waals surface area contributed by atoms with Crippen molar-refractivity contribution in [1.29, 1.82) is 0 Å². The number of aryl methyl sites for hydroxylation is 1. The van der Waals surface area contributed by atoms with Crippen LogP contribution < -0.4 is 10.6 Å². The lowest BCUT2D eigenvalue weighted by Gasteiger charge is -2.25. The second kappa shape index (κ2) is 10.6. The van der Waals surface area contributed by atoms with E-state index in [1.54, 1.807) is 19.1 Å². The fourth-order valence-electron chi connectivity index (χ4n) is 4.09. The monoisotopic (exact) mass is 508 g/mol. The number of amides is 2. The third-order valence-electron chi connectivity index (χ3n) is 5.99. The molecular weight excluding hydrogens is 480 g/mol. The average molecular weight is 509 g/mol. The van der Waals surface area contributed by atoms with Crippen LogP contribution in [-0.4, -0.2) is 55.5 Å². The zero-order valence-electron chi connectivity index (χ0n) is 20.6. The molecule has 0 radical (unpaired) electrons. The second-order valence-electron chi connectivity index (χ2n) is 9.12. The van der Waals surface area contributed by atoms with Crippen molar-refractivity contribution in [2.24, 2.45) is 0 Å². The van der Waals surface area contributed by atoms with Gasteiger partial charge >= 0.3 is 0 Å². The molecule has 2 aromatic heterocycles. The van der Waals surface area contributed by atoms with Crippen molar-refractivity contribution in [1.82, 2.24) is 25.2 Å². The SMILES string of the molecule is Cc1cccc(C(CO)NC(=O)C(C)N2Cc3ccc(-c4nc(NC(C)C)ncc4Cl)cc3C2=O)n1. The van der Waals surface area contributed by atoms with Gasteiger partial charge in [-0.05, 0) is 51.5 Å². The van der Waals surface area contributed by atoms with Crippen molar-refractivity contribution in [2.45, 2.75) is 52.4 Å². The van der Waals surface area contributed by atoms with E-state index >= 15 is 0 Å². The zero-order valence-corrected chi connectivity index (χ0v) is 21.4. The number of carbonyl (C=O) groups is 2. The molecular formula is C26H29ClN6O3. The van der Waals surface area contributed by atoms with Gasteiger partial charge in [-0.25, -0.2) is 9.97 Å². The van der Waals surface area contributed by atoms with Gasteiger partial charge in [0.1, 0.15) is 6.04 Å². The standard InChI is InChI=1S/C26H29ClN6O3/c1-14(2)29-26-28-11-20(27)23(32-26)17-8-9-18-12-33(25(36)19(18)10-17)16(4)24(35)31-22(13-34)21-7-5-6-15(3)30-21/h5-11,14,16,22,34H,12-13H2,1-4H3,(H,31,35)(H,28,29,32). The van der Waals surface area contributed by atoms with Gasteiger partial charge < -0.3 is 20.6 Å². The first-order chi connectivity index (χ1) is 17.2. The number of rotatable bonds is 8. The largest absolute Gasteiger partial charge is 0.394 e. The lowest BCUT2D eigenvalue weighted by Crippen LogP contribution is -2.46. The van der Waals surface area contributed by atoms with Gasteiger partial charge in [0.05, 0.1) is 35.3 Å². The molecule has 0 spiro atoms. The number of aromatic nitrogens is 3. The number of carbonyl (C=O) groups excluding carboxylic acids is 2. The van der Waals surface area contributed by atoms with E-state index in [2.05, 4.69) is 25.6 Å². The van der Waals surface area contributed by atoms with Gasteiger partial charge in [-0.15, -0.1) is 0 Å². The molecule has 2 amide bonds. The fourth-order valence-corrected chi connectivity index (χ4v) is 4.29. The van der Waals surface area contributed by atoms with Crippen LogP contribution in [0.4, 0.5) is 5.95 Å². The lowest BCUT2D eigenvalue weighted by molar-refractivity contribution is -0.126. The molecule has 10 heteroatoms. The van der Waals surface area contributed by atoms with Gasteiger partial charge in [0.25, 0.3) is 5.91 Å². The van der Waals surface area contributed by atoms with E-state index in [-0.39, 0.29) is 24.5 Å². The fraction of sp³-hybridized carbons (Fsp3) is 0.346. The van der Waals surface area contributed by atoms with E-state index in [1.807, 2.05) is 45.0 Å². The number of pyridine rings is 1. The minimum Gasteiger partial charge on any atom is -0.394 e. The average Bonchev–Trinajstić information content (AvgIpc) is 3.18. The zero-order chi connectivity index (χ0) is 26.0. The van der Waals surface area contributed by atoms with Crippen LogP contribution in [0, 0.1) is 6.92 Å². The summed E-state index contributed by atoms with van der Waals surface area (Å²) in [6.45, 7) is 7.47. The van der Waals surface area contributed by atoms with Crippen molar-refractivity contribution in [3.05, 3.63) is 70.1 Å². The summed E-state index contributed by atoms with van der Waals surface area (Å²) in [5.74, 6) is -0.180. The number of nitrogens with zero attached hydrogens (tertiary/aromatic N) is 4. The first-order valence-electron chi connectivity index (χ1n) is 11.8. The van der Waals surface area contributed by atoms with Gasteiger partial charge in [0.15, 0.2) is 0 Å². The number of benzene rings is 1. The number of anilines is 1. The summed E-state index contributed by atoms with van der Waals surface area (Å²) in [5.41, 5.74) is 3.86. The predicted molar refractivity (Wildman–Crippen MR) is 138 cm³/mol. The highest BCUT2D eigenvalue weighted by Crippen LogP contribution is 2.32. The van der Waals surface area contributed by atoms with Crippen LogP contribution in [0.15, 0.2) is 42.6 Å². The number of aliphatic hydroxyl groups excluding tert-OH is 1. The van der Waals surface area contributed by atoms with Crippen molar-refractivity contribution in [2.75, 3.05) is 11.9 Å². The number of nitrogens with one attached hydrogen (secondary N) is 2. The van der Waals surface area contributed by atoms with Crippen LogP contribution in [0.1, 0.15) is 54.1 Å². The molecule has 188 valence electrons. The highest BCUT2D eigenvalue weighted by molar-refractivity contribution is 6.33. The number of hydrogen-bond donors (Lipinski definition) is 3. The van der Waals surface area contributed by atoms with Gasteiger partial charge in [-0.3, -0.25) is 14.6 Å². The normalized spacial score (nSPS) is 14.5. The maximum absolute atomic E-state index is 13.3. The lowest BCUT2D eigenvalue weighted by atomic mass is 10.0. The van der Waals surface area contributed by atoms with Crippen LogP contribution >= 0.6 is 11.6 Å². The highest BCUT2D eigenvalue weighted by atomic mass is 35.5. The Morgan fingerprint density at radius 1 is 1.19 bits per heavy atom. The van der Waals surface area contributed by atoms with Gasteiger partial charge in [0, 0.05) is 29.4 Å². The second-order valence-corrected chi connectivity index (χ2v) is 9.52. The van der Waals surface area contributed by atoms with Crippen LogP contribution in [-0.2, 0) is 11.3 Å². The summed E-state index contributed by atoms with van der Waals surface area (Å²) < 4.78 is 0. The third-order valence-corrected chi connectivity index (χ3v) is 6.27. The molecule has 4 rings (SSSR count). The summed E-state index contributed by atoms with van der Waals surface area (Å²) >= 11 is 6.37.